The molecule has 0 radical (unpaired) electrons. The fourth-order valence-electron chi connectivity index (χ4n) is 1.22. The zero-order valence-electron chi connectivity index (χ0n) is 9.57. The van der Waals surface area contributed by atoms with E-state index in [1.54, 1.807) is 19.1 Å². The molecule has 0 spiro atoms. The first-order valence-corrected chi connectivity index (χ1v) is 5.76. The third-order valence-electron chi connectivity index (χ3n) is 2.02. The fraction of sp³-hybridized carbons (Fsp3) is 0.900. The van der Waals surface area contributed by atoms with Crippen molar-refractivity contribution < 1.29 is 14.3 Å². The summed E-state index contributed by atoms with van der Waals surface area (Å²) in [7, 11) is 3.30. The Morgan fingerprint density at radius 1 is 1.20 bits per heavy atom. The van der Waals surface area contributed by atoms with Crippen LogP contribution in [0.4, 0.5) is 0 Å². The highest BCUT2D eigenvalue weighted by Gasteiger charge is 2.11. The van der Waals surface area contributed by atoms with Crippen molar-refractivity contribution >= 4 is 18.5 Å². The summed E-state index contributed by atoms with van der Waals surface area (Å²) in [6, 6.07) is 0. The van der Waals surface area contributed by atoms with Gasteiger partial charge in [-0.05, 0) is 12.2 Å². The SMILES string of the molecule is COCCCN(CCOC)C(=O)CCS. The first-order valence-electron chi connectivity index (χ1n) is 5.12. The number of methoxy groups -OCH3 is 2. The largest absolute Gasteiger partial charge is 0.385 e. The Hall–Kier alpha value is -0.260. The molecule has 0 saturated carbocycles. The standard InChI is InChI=1S/C10H21NO3S/c1-13-7-3-5-11(6-8-14-2)10(12)4-9-15/h15H,3-9H2,1-2H3. The van der Waals surface area contributed by atoms with Gasteiger partial charge in [0.1, 0.15) is 0 Å². The molecule has 0 N–H and O–H groups in total. The number of nitrogens with zero attached hydrogens (tertiary/aromatic N) is 1. The van der Waals surface area contributed by atoms with Gasteiger partial charge in [-0.1, -0.05) is 0 Å². The maximum atomic E-state index is 11.6. The molecule has 0 rings (SSSR count). The summed E-state index contributed by atoms with van der Waals surface area (Å²) in [5.74, 6) is 0.727. The predicted molar refractivity (Wildman–Crippen MR) is 63.4 cm³/mol. The molecule has 0 aromatic carbocycles. The van der Waals surface area contributed by atoms with Crippen LogP contribution in [0.25, 0.3) is 0 Å². The van der Waals surface area contributed by atoms with E-state index in [1.165, 1.54) is 0 Å². The van der Waals surface area contributed by atoms with Gasteiger partial charge in [0.05, 0.1) is 6.61 Å². The lowest BCUT2D eigenvalue weighted by Crippen LogP contribution is -2.35. The van der Waals surface area contributed by atoms with Crippen LogP contribution in [0.3, 0.4) is 0 Å². The van der Waals surface area contributed by atoms with Crippen LogP contribution >= 0.6 is 12.6 Å². The molecule has 0 bridgehead atoms. The Bertz CT molecular complexity index is 167. The van der Waals surface area contributed by atoms with Crippen LogP contribution in [-0.2, 0) is 14.3 Å². The number of carbonyl (C=O) groups is 1. The molecule has 90 valence electrons. The summed E-state index contributed by atoms with van der Waals surface area (Å²) in [6.07, 6.45) is 1.35. The van der Waals surface area contributed by atoms with Crippen molar-refractivity contribution in [2.45, 2.75) is 12.8 Å². The highest BCUT2D eigenvalue weighted by atomic mass is 32.1. The Kier molecular flexibility index (Phi) is 10.1. The molecule has 0 aliphatic carbocycles. The maximum Gasteiger partial charge on any atom is 0.223 e. The number of hydrogen-bond donors (Lipinski definition) is 1. The summed E-state index contributed by atoms with van der Waals surface area (Å²) >= 11 is 4.05. The highest BCUT2D eigenvalue weighted by molar-refractivity contribution is 7.80. The molecule has 0 aromatic rings. The molecular formula is C10H21NO3S. The molecule has 15 heavy (non-hydrogen) atoms. The van der Waals surface area contributed by atoms with Crippen molar-refractivity contribution in [2.24, 2.45) is 0 Å². The molecule has 5 heteroatoms. The Morgan fingerprint density at radius 2 is 1.87 bits per heavy atom. The Labute approximate surface area is 97.3 Å². The van der Waals surface area contributed by atoms with Crippen molar-refractivity contribution in [3.8, 4) is 0 Å². The monoisotopic (exact) mass is 235 g/mol. The molecule has 0 atom stereocenters. The molecule has 0 saturated heterocycles. The Morgan fingerprint density at radius 3 is 2.40 bits per heavy atom. The normalized spacial score (nSPS) is 10.3. The predicted octanol–water partition coefficient (Wildman–Crippen LogP) is 0.818. The third-order valence-corrected chi connectivity index (χ3v) is 2.24. The minimum Gasteiger partial charge on any atom is -0.385 e. The number of rotatable bonds is 9. The first kappa shape index (κ1) is 14.7. The van der Waals surface area contributed by atoms with E-state index in [0.29, 0.717) is 31.9 Å². The second kappa shape index (κ2) is 10.3. The van der Waals surface area contributed by atoms with Gasteiger partial charge in [-0.25, -0.2) is 0 Å². The van der Waals surface area contributed by atoms with Crippen molar-refractivity contribution in [1.29, 1.82) is 0 Å². The van der Waals surface area contributed by atoms with Crippen LogP contribution in [0.5, 0.6) is 0 Å². The van der Waals surface area contributed by atoms with Gasteiger partial charge < -0.3 is 14.4 Å². The van der Waals surface area contributed by atoms with Gasteiger partial charge >= 0.3 is 0 Å². The zero-order valence-corrected chi connectivity index (χ0v) is 10.5. The maximum absolute atomic E-state index is 11.6. The van der Waals surface area contributed by atoms with Crippen LogP contribution in [0.15, 0.2) is 0 Å². The average Bonchev–Trinajstić information content (AvgIpc) is 2.23. The van der Waals surface area contributed by atoms with Gasteiger partial charge in [0.15, 0.2) is 0 Å². The van der Waals surface area contributed by atoms with Gasteiger partial charge in [0.2, 0.25) is 5.91 Å². The van der Waals surface area contributed by atoms with Crippen LogP contribution < -0.4 is 0 Å². The molecule has 0 aliphatic rings. The van der Waals surface area contributed by atoms with Gasteiger partial charge in [0, 0.05) is 40.3 Å². The number of amides is 1. The van der Waals surface area contributed by atoms with E-state index in [9.17, 15) is 4.79 Å². The molecule has 0 aromatic heterocycles. The number of carbonyl (C=O) groups excluding carboxylic acids is 1. The molecule has 0 aliphatic heterocycles. The van der Waals surface area contributed by atoms with Crippen LogP contribution in [0, 0.1) is 0 Å². The smallest absolute Gasteiger partial charge is 0.223 e. The summed E-state index contributed by atoms with van der Waals surface area (Å²) in [4.78, 5) is 13.4. The van der Waals surface area contributed by atoms with E-state index in [2.05, 4.69) is 12.6 Å². The summed E-state index contributed by atoms with van der Waals surface area (Å²) < 4.78 is 9.91. The molecule has 0 heterocycles. The average molecular weight is 235 g/mol. The molecule has 0 fully saturated rings. The van der Waals surface area contributed by atoms with Crippen molar-refractivity contribution in [3.63, 3.8) is 0 Å². The summed E-state index contributed by atoms with van der Waals surface area (Å²) in [5.41, 5.74) is 0. The lowest BCUT2D eigenvalue weighted by atomic mass is 10.3. The molecular weight excluding hydrogens is 214 g/mol. The van der Waals surface area contributed by atoms with Gasteiger partial charge in [0.25, 0.3) is 0 Å². The summed E-state index contributed by atoms with van der Waals surface area (Å²) in [6.45, 7) is 2.62. The Balaban J connectivity index is 3.87. The quantitative estimate of drug-likeness (QED) is 0.475. The first-order chi connectivity index (χ1) is 7.26. The van der Waals surface area contributed by atoms with Gasteiger partial charge in [-0.15, -0.1) is 0 Å². The van der Waals surface area contributed by atoms with E-state index in [0.717, 1.165) is 13.0 Å². The van der Waals surface area contributed by atoms with Gasteiger partial charge in [-0.2, -0.15) is 12.6 Å². The van der Waals surface area contributed by atoms with Crippen LogP contribution in [0.2, 0.25) is 0 Å². The molecule has 0 unspecified atom stereocenters. The minimum atomic E-state index is 0.137. The van der Waals surface area contributed by atoms with Crippen molar-refractivity contribution in [2.75, 3.05) is 46.3 Å². The number of hydrogen-bond acceptors (Lipinski definition) is 4. The van der Waals surface area contributed by atoms with Gasteiger partial charge in [-0.3, -0.25) is 4.79 Å². The third kappa shape index (κ3) is 7.64. The van der Waals surface area contributed by atoms with E-state index in [4.69, 9.17) is 9.47 Å². The molecule has 4 nitrogen and oxygen atoms in total. The lowest BCUT2D eigenvalue weighted by Gasteiger charge is -2.21. The summed E-state index contributed by atoms with van der Waals surface area (Å²) in [5, 5.41) is 0. The number of thiol groups is 1. The second-order valence-corrected chi connectivity index (χ2v) is 3.64. The number of ether oxygens (including phenoxy) is 2. The van der Waals surface area contributed by atoms with Crippen molar-refractivity contribution in [3.05, 3.63) is 0 Å². The van der Waals surface area contributed by atoms with E-state index in [-0.39, 0.29) is 5.91 Å². The topological polar surface area (TPSA) is 38.8 Å². The molecule has 1 amide bonds. The van der Waals surface area contributed by atoms with Crippen LogP contribution in [-0.4, -0.2) is 57.1 Å². The second-order valence-electron chi connectivity index (χ2n) is 3.19. The minimum absolute atomic E-state index is 0.137. The van der Waals surface area contributed by atoms with E-state index < -0.39 is 0 Å². The zero-order chi connectivity index (χ0) is 11.5. The van der Waals surface area contributed by atoms with Crippen LogP contribution in [0.1, 0.15) is 12.8 Å². The van der Waals surface area contributed by atoms with Crippen molar-refractivity contribution in [1.82, 2.24) is 4.90 Å². The van der Waals surface area contributed by atoms with E-state index in [1.807, 2.05) is 0 Å². The van der Waals surface area contributed by atoms with E-state index >= 15 is 0 Å². The highest BCUT2D eigenvalue weighted by Crippen LogP contribution is 1.98. The lowest BCUT2D eigenvalue weighted by molar-refractivity contribution is -0.131. The fourth-order valence-corrected chi connectivity index (χ4v) is 1.41.